The number of ether oxygens (including phenoxy) is 1. The first kappa shape index (κ1) is 17.4. The minimum Gasteiger partial charge on any atom is -0.494 e. The minimum atomic E-state index is -0.238. The second-order valence-corrected chi connectivity index (χ2v) is 5.70. The second kappa shape index (κ2) is 8.61. The van der Waals surface area contributed by atoms with Gasteiger partial charge in [0.05, 0.1) is 6.61 Å². The van der Waals surface area contributed by atoms with Crippen LogP contribution in [0, 0.1) is 0 Å². The molecule has 0 aromatic heterocycles. The summed E-state index contributed by atoms with van der Waals surface area (Å²) < 4.78 is 5.49. The highest BCUT2D eigenvalue weighted by Gasteiger charge is 2.01. The van der Waals surface area contributed by atoms with E-state index in [0.717, 1.165) is 17.7 Å². The molecule has 0 atom stereocenters. The van der Waals surface area contributed by atoms with E-state index in [1.54, 1.807) is 36.4 Å². The van der Waals surface area contributed by atoms with E-state index in [-0.39, 0.29) is 5.91 Å². The highest BCUT2D eigenvalue weighted by molar-refractivity contribution is 6.35. The van der Waals surface area contributed by atoms with Gasteiger partial charge in [0.2, 0.25) is 5.91 Å². The Kier molecular flexibility index (Phi) is 6.51. The van der Waals surface area contributed by atoms with E-state index in [1.165, 1.54) is 6.08 Å². The first-order valence-corrected chi connectivity index (χ1v) is 8.01. The summed E-state index contributed by atoms with van der Waals surface area (Å²) in [4.78, 5) is 11.9. The van der Waals surface area contributed by atoms with Crippen LogP contribution < -0.4 is 10.1 Å². The van der Waals surface area contributed by atoms with E-state index >= 15 is 0 Å². The summed E-state index contributed by atoms with van der Waals surface area (Å²) in [5.41, 5.74) is 1.43. The summed E-state index contributed by atoms with van der Waals surface area (Å²) in [6.45, 7) is 2.73. The van der Waals surface area contributed by atoms with Gasteiger partial charge in [0.1, 0.15) is 5.75 Å². The maximum Gasteiger partial charge on any atom is 0.248 e. The number of halogens is 2. The topological polar surface area (TPSA) is 38.3 Å². The Morgan fingerprint density at radius 2 is 1.91 bits per heavy atom. The Morgan fingerprint density at radius 1 is 1.17 bits per heavy atom. The Bertz CT molecular complexity index is 697. The smallest absolute Gasteiger partial charge is 0.248 e. The number of benzene rings is 2. The minimum absolute atomic E-state index is 0.238. The maximum absolute atomic E-state index is 11.9. The van der Waals surface area contributed by atoms with Crippen molar-refractivity contribution in [2.45, 2.75) is 13.3 Å². The predicted octanol–water partition coefficient (Wildman–Crippen LogP) is 5.43. The normalized spacial score (nSPS) is 10.7. The standard InChI is InChI=1S/C18H17Cl2NO2/c1-2-11-23-16-8-6-15(7-9-16)21-18(22)10-4-13-3-5-14(19)12-17(13)20/h3-10,12H,2,11H2,1H3,(H,21,22)/b10-4+. The van der Waals surface area contributed by atoms with Crippen LogP contribution in [-0.4, -0.2) is 12.5 Å². The Morgan fingerprint density at radius 3 is 2.57 bits per heavy atom. The highest BCUT2D eigenvalue weighted by Crippen LogP contribution is 2.22. The van der Waals surface area contributed by atoms with Crippen molar-refractivity contribution < 1.29 is 9.53 Å². The monoisotopic (exact) mass is 349 g/mol. The Balaban J connectivity index is 1.95. The van der Waals surface area contributed by atoms with Crippen LogP contribution in [0.4, 0.5) is 5.69 Å². The number of rotatable bonds is 6. The van der Waals surface area contributed by atoms with Gasteiger partial charge in [-0.15, -0.1) is 0 Å². The van der Waals surface area contributed by atoms with Crippen molar-refractivity contribution in [1.82, 2.24) is 0 Å². The molecule has 0 aliphatic heterocycles. The zero-order chi connectivity index (χ0) is 16.7. The molecular weight excluding hydrogens is 333 g/mol. The van der Waals surface area contributed by atoms with Crippen molar-refractivity contribution in [1.29, 1.82) is 0 Å². The Hall–Kier alpha value is -1.97. The molecule has 0 fully saturated rings. The largest absolute Gasteiger partial charge is 0.494 e. The quantitative estimate of drug-likeness (QED) is 0.705. The fourth-order valence-corrected chi connectivity index (χ4v) is 2.31. The first-order chi connectivity index (χ1) is 11.1. The van der Waals surface area contributed by atoms with Crippen molar-refractivity contribution >= 4 is 40.9 Å². The summed E-state index contributed by atoms with van der Waals surface area (Å²) in [5, 5.41) is 3.83. The number of amides is 1. The summed E-state index contributed by atoms with van der Waals surface area (Å²) in [7, 11) is 0. The molecule has 0 saturated carbocycles. The third-order valence-electron chi connectivity index (χ3n) is 2.97. The van der Waals surface area contributed by atoms with E-state index in [2.05, 4.69) is 5.32 Å². The molecule has 2 aromatic carbocycles. The zero-order valence-corrected chi connectivity index (χ0v) is 14.2. The van der Waals surface area contributed by atoms with Crippen LogP contribution >= 0.6 is 23.2 Å². The third-order valence-corrected chi connectivity index (χ3v) is 3.53. The fraction of sp³-hybridized carbons (Fsp3) is 0.167. The van der Waals surface area contributed by atoms with Crippen LogP contribution in [0.5, 0.6) is 5.75 Å². The molecule has 0 bridgehead atoms. The van der Waals surface area contributed by atoms with Gasteiger partial charge in [0, 0.05) is 21.8 Å². The average molecular weight is 350 g/mol. The highest BCUT2D eigenvalue weighted by atomic mass is 35.5. The summed E-state index contributed by atoms with van der Waals surface area (Å²) in [6, 6.07) is 12.4. The van der Waals surface area contributed by atoms with Crippen molar-refractivity contribution in [3.63, 3.8) is 0 Å². The van der Waals surface area contributed by atoms with Crippen molar-refractivity contribution in [3.05, 3.63) is 64.1 Å². The number of nitrogens with one attached hydrogen (secondary N) is 1. The van der Waals surface area contributed by atoms with Gasteiger partial charge < -0.3 is 10.1 Å². The maximum atomic E-state index is 11.9. The lowest BCUT2D eigenvalue weighted by Crippen LogP contribution is -2.07. The van der Waals surface area contributed by atoms with Gasteiger partial charge in [0.15, 0.2) is 0 Å². The lowest BCUT2D eigenvalue weighted by atomic mass is 10.2. The zero-order valence-electron chi connectivity index (χ0n) is 12.7. The number of hydrogen-bond acceptors (Lipinski definition) is 2. The lowest BCUT2D eigenvalue weighted by Gasteiger charge is -2.06. The molecule has 0 spiro atoms. The van der Waals surface area contributed by atoms with Crippen LogP contribution in [-0.2, 0) is 4.79 Å². The molecule has 1 amide bonds. The first-order valence-electron chi connectivity index (χ1n) is 7.25. The fourth-order valence-electron chi connectivity index (χ4n) is 1.84. The van der Waals surface area contributed by atoms with Crippen LogP contribution in [0.1, 0.15) is 18.9 Å². The molecular formula is C18H17Cl2NO2. The summed E-state index contributed by atoms with van der Waals surface area (Å²) >= 11 is 11.9. The van der Waals surface area contributed by atoms with Crippen LogP contribution in [0.2, 0.25) is 10.0 Å². The van der Waals surface area contributed by atoms with Gasteiger partial charge >= 0.3 is 0 Å². The molecule has 23 heavy (non-hydrogen) atoms. The van der Waals surface area contributed by atoms with Crippen molar-refractivity contribution in [3.8, 4) is 5.75 Å². The number of carbonyl (C=O) groups excluding carboxylic acids is 1. The van der Waals surface area contributed by atoms with E-state index in [0.29, 0.717) is 22.3 Å². The molecule has 0 heterocycles. The van der Waals surface area contributed by atoms with Crippen molar-refractivity contribution in [2.75, 3.05) is 11.9 Å². The van der Waals surface area contributed by atoms with Crippen LogP contribution in [0.25, 0.3) is 6.08 Å². The molecule has 120 valence electrons. The Labute approximate surface area is 145 Å². The van der Waals surface area contributed by atoms with Gasteiger partial charge in [-0.3, -0.25) is 4.79 Å². The number of carbonyl (C=O) groups is 1. The number of anilines is 1. The van der Waals surface area contributed by atoms with Gasteiger partial charge in [-0.2, -0.15) is 0 Å². The van der Waals surface area contributed by atoms with E-state index in [9.17, 15) is 4.79 Å². The lowest BCUT2D eigenvalue weighted by molar-refractivity contribution is -0.111. The second-order valence-electron chi connectivity index (χ2n) is 4.86. The third kappa shape index (κ3) is 5.62. The van der Waals surface area contributed by atoms with E-state index < -0.39 is 0 Å². The molecule has 2 rings (SSSR count). The van der Waals surface area contributed by atoms with Gasteiger partial charge in [-0.1, -0.05) is 36.2 Å². The van der Waals surface area contributed by atoms with Crippen LogP contribution in [0.3, 0.4) is 0 Å². The number of hydrogen-bond donors (Lipinski definition) is 1. The van der Waals surface area contributed by atoms with Gasteiger partial charge in [-0.05, 0) is 54.5 Å². The van der Waals surface area contributed by atoms with Gasteiger partial charge in [0.25, 0.3) is 0 Å². The molecule has 3 nitrogen and oxygen atoms in total. The predicted molar refractivity (Wildman–Crippen MR) is 96.4 cm³/mol. The van der Waals surface area contributed by atoms with Gasteiger partial charge in [-0.25, -0.2) is 0 Å². The van der Waals surface area contributed by atoms with Crippen LogP contribution in [0.15, 0.2) is 48.5 Å². The van der Waals surface area contributed by atoms with Crippen molar-refractivity contribution in [2.24, 2.45) is 0 Å². The molecule has 2 aromatic rings. The molecule has 1 N–H and O–H groups in total. The molecule has 0 saturated heterocycles. The van der Waals surface area contributed by atoms with E-state index in [1.807, 2.05) is 19.1 Å². The molecule has 0 aliphatic rings. The molecule has 0 aliphatic carbocycles. The molecule has 5 heteroatoms. The molecule has 0 unspecified atom stereocenters. The van der Waals surface area contributed by atoms with E-state index in [4.69, 9.17) is 27.9 Å². The molecule has 0 radical (unpaired) electrons. The average Bonchev–Trinajstić information content (AvgIpc) is 2.53. The SMILES string of the molecule is CCCOc1ccc(NC(=O)/C=C/c2ccc(Cl)cc2Cl)cc1. The summed E-state index contributed by atoms with van der Waals surface area (Å²) in [5.74, 6) is 0.548. The summed E-state index contributed by atoms with van der Waals surface area (Å²) in [6.07, 6.45) is 4.03.